The minimum Gasteiger partial charge on any atom is -0.381 e. The zero-order valence-electron chi connectivity index (χ0n) is 14.0. The summed E-state index contributed by atoms with van der Waals surface area (Å²) in [4.78, 5) is 4.23. The fourth-order valence-electron chi connectivity index (χ4n) is 1.96. The summed E-state index contributed by atoms with van der Waals surface area (Å²) in [5.74, 6) is 0.838. The molecule has 0 fully saturated rings. The molecule has 0 saturated heterocycles. The summed E-state index contributed by atoms with van der Waals surface area (Å²) in [6.07, 6.45) is 3.33. The molecule has 22 heavy (non-hydrogen) atoms. The molecule has 0 atom stereocenters. The number of hydrogen-bond donors (Lipinski definition) is 2. The van der Waals surface area contributed by atoms with Crippen molar-refractivity contribution in [1.29, 1.82) is 0 Å². The van der Waals surface area contributed by atoms with Crippen LogP contribution < -0.4 is 10.6 Å². The first-order valence-corrected chi connectivity index (χ1v) is 7.84. The van der Waals surface area contributed by atoms with E-state index in [-0.39, 0.29) is 24.0 Å². The molecule has 0 radical (unpaired) electrons. The molecular weight excluding hydrogens is 389 g/mol. The SMILES string of the molecule is CCCCOCCCNC(=NC)NCc1cccc(C)c1.I. The molecule has 0 unspecified atom stereocenters. The molecule has 0 bridgehead atoms. The summed E-state index contributed by atoms with van der Waals surface area (Å²) < 4.78 is 5.53. The predicted octanol–water partition coefficient (Wildman–Crippen LogP) is 3.48. The molecule has 126 valence electrons. The Balaban J connectivity index is 0.00000441. The Labute approximate surface area is 152 Å². The normalized spacial score (nSPS) is 11.0. The van der Waals surface area contributed by atoms with Crippen LogP contribution in [0, 0.1) is 6.92 Å². The van der Waals surface area contributed by atoms with Crippen LogP contribution in [0.5, 0.6) is 0 Å². The second-order valence-corrected chi connectivity index (χ2v) is 5.16. The fraction of sp³-hybridized carbons (Fsp3) is 0.588. The maximum absolute atomic E-state index is 5.53. The summed E-state index contributed by atoms with van der Waals surface area (Å²) in [5, 5.41) is 6.63. The van der Waals surface area contributed by atoms with Gasteiger partial charge in [-0.2, -0.15) is 0 Å². The number of rotatable bonds is 9. The van der Waals surface area contributed by atoms with Gasteiger partial charge in [-0.15, -0.1) is 24.0 Å². The zero-order valence-corrected chi connectivity index (χ0v) is 16.4. The van der Waals surface area contributed by atoms with E-state index < -0.39 is 0 Å². The van der Waals surface area contributed by atoms with E-state index in [4.69, 9.17) is 4.74 Å². The Morgan fingerprint density at radius 3 is 2.64 bits per heavy atom. The van der Waals surface area contributed by atoms with E-state index in [1.807, 2.05) is 0 Å². The number of hydrogen-bond acceptors (Lipinski definition) is 2. The van der Waals surface area contributed by atoms with E-state index in [0.29, 0.717) is 0 Å². The van der Waals surface area contributed by atoms with Gasteiger partial charge in [0.05, 0.1) is 0 Å². The van der Waals surface area contributed by atoms with Gasteiger partial charge in [0.2, 0.25) is 0 Å². The fourth-order valence-corrected chi connectivity index (χ4v) is 1.96. The molecule has 0 aliphatic heterocycles. The molecule has 0 heterocycles. The van der Waals surface area contributed by atoms with E-state index in [1.165, 1.54) is 17.5 Å². The number of unbranched alkanes of at least 4 members (excludes halogenated alkanes) is 1. The van der Waals surface area contributed by atoms with E-state index in [2.05, 4.69) is 53.7 Å². The summed E-state index contributed by atoms with van der Waals surface area (Å²) >= 11 is 0. The Kier molecular flexibility index (Phi) is 13.3. The highest BCUT2D eigenvalue weighted by atomic mass is 127. The number of ether oxygens (including phenoxy) is 1. The van der Waals surface area contributed by atoms with Crippen molar-refractivity contribution in [3.8, 4) is 0 Å². The van der Waals surface area contributed by atoms with Gasteiger partial charge in [-0.1, -0.05) is 43.2 Å². The van der Waals surface area contributed by atoms with Gasteiger partial charge < -0.3 is 15.4 Å². The van der Waals surface area contributed by atoms with Crippen molar-refractivity contribution in [2.24, 2.45) is 4.99 Å². The van der Waals surface area contributed by atoms with Gasteiger partial charge in [-0.05, 0) is 25.3 Å². The lowest BCUT2D eigenvalue weighted by atomic mass is 10.1. The van der Waals surface area contributed by atoms with Crippen LogP contribution in [0.1, 0.15) is 37.3 Å². The van der Waals surface area contributed by atoms with Crippen molar-refractivity contribution >= 4 is 29.9 Å². The van der Waals surface area contributed by atoms with Gasteiger partial charge in [-0.3, -0.25) is 4.99 Å². The zero-order chi connectivity index (χ0) is 15.3. The minimum atomic E-state index is 0. The molecule has 0 amide bonds. The highest BCUT2D eigenvalue weighted by Gasteiger charge is 1.98. The summed E-state index contributed by atoms with van der Waals surface area (Å²) in [5.41, 5.74) is 2.54. The first-order valence-electron chi connectivity index (χ1n) is 7.84. The topological polar surface area (TPSA) is 45.6 Å². The minimum absolute atomic E-state index is 0. The Hall–Kier alpha value is -0.820. The van der Waals surface area contributed by atoms with Gasteiger partial charge in [0, 0.05) is 33.4 Å². The number of guanidine groups is 1. The van der Waals surface area contributed by atoms with Crippen LogP contribution in [-0.4, -0.2) is 32.8 Å². The van der Waals surface area contributed by atoms with E-state index in [9.17, 15) is 0 Å². The number of aryl methyl sites for hydroxylation is 1. The van der Waals surface area contributed by atoms with E-state index >= 15 is 0 Å². The molecule has 4 nitrogen and oxygen atoms in total. The lowest BCUT2D eigenvalue weighted by Crippen LogP contribution is -2.37. The van der Waals surface area contributed by atoms with Crippen LogP contribution in [-0.2, 0) is 11.3 Å². The molecule has 2 N–H and O–H groups in total. The number of aliphatic imine (C=N–C) groups is 1. The highest BCUT2D eigenvalue weighted by Crippen LogP contribution is 2.02. The molecule has 0 spiro atoms. The molecule has 0 aliphatic rings. The van der Waals surface area contributed by atoms with Crippen molar-refractivity contribution in [2.45, 2.75) is 39.7 Å². The standard InChI is InChI=1S/C17H29N3O.HI/c1-4-5-11-21-12-7-10-19-17(18-3)20-14-16-9-6-8-15(2)13-16;/h6,8-9,13H,4-5,7,10-12,14H2,1-3H3,(H2,18,19,20);1H. The summed E-state index contributed by atoms with van der Waals surface area (Å²) in [6.45, 7) is 7.62. The van der Waals surface area contributed by atoms with Crippen molar-refractivity contribution in [2.75, 3.05) is 26.8 Å². The van der Waals surface area contributed by atoms with Crippen LogP contribution in [0.25, 0.3) is 0 Å². The van der Waals surface area contributed by atoms with Crippen molar-refractivity contribution in [3.63, 3.8) is 0 Å². The largest absolute Gasteiger partial charge is 0.381 e. The number of halogens is 1. The third kappa shape index (κ3) is 10.00. The lowest BCUT2D eigenvalue weighted by molar-refractivity contribution is 0.129. The number of nitrogens with zero attached hydrogens (tertiary/aromatic N) is 1. The summed E-state index contributed by atoms with van der Waals surface area (Å²) in [7, 11) is 1.79. The lowest BCUT2D eigenvalue weighted by Gasteiger charge is -2.12. The molecule has 0 aromatic heterocycles. The van der Waals surface area contributed by atoms with Gasteiger partial charge in [0.25, 0.3) is 0 Å². The second kappa shape index (κ2) is 13.8. The van der Waals surface area contributed by atoms with Crippen molar-refractivity contribution in [1.82, 2.24) is 10.6 Å². The Bertz CT molecular complexity index is 424. The molecule has 1 aromatic rings. The third-order valence-corrected chi connectivity index (χ3v) is 3.17. The Morgan fingerprint density at radius 2 is 1.95 bits per heavy atom. The van der Waals surface area contributed by atoms with Crippen molar-refractivity contribution in [3.05, 3.63) is 35.4 Å². The third-order valence-electron chi connectivity index (χ3n) is 3.17. The van der Waals surface area contributed by atoms with Crippen molar-refractivity contribution < 1.29 is 4.74 Å². The molecular formula is C17H30IN3O. The van der Waals surface area contributed by atoms with Crippen LogP contribution in [0.2, 0.25) is 0 Å². The average molecular weight is 419 g/mol. The molecule has 1 rings (SSSR count). The van der Waals surface area contributed by atoms with Gasteiger partial charge in [0.1, 0.15) is 0 Å². The van der Waals surface area contributed by atoms with E-state index in [0.717, 1.165) is 45.1 Å². The number of benzene rings is 1. The maximum atomic E-state index is 5.53. The van der Waals surface area contributed by atoms with Crippen LogP contribution >= 0.6 is 24.0 Å². The van der Waals surface area contributed by atoms with Crippen LogP contribution in [0.15, 0.2) is 29.3 Å². The van der Waals surface area contributed by atoms with Crippen LogP contribution in [0.4, 0.5) is 0 Å². The monoisotopic (exact) mass is 419 g/mol. The maximum Gasteiger partial charge on any atom is 0.191 e. The highest BCUT2D eigenvalue weighted by molar-refractivity contribution is 14.0. The van der Waals surface area contributed by atoms with Gasteiger partial charge in [-0.25, -0.2) is 0 Å². The van der Waals surface area contributed by atoms with Crippen LogP contribution in [0.3, 0.4) is 0 Å². The first-order chi connectivity index (χ1) is 10.3. The molecule has 1 aromatic carbocycles. The Morgan fingerprint density at radius 1 is 1.18 bits per heavy atom. The van der Waals surface area contributed by atoms with Gasteiger partial charge in [0.15, 0.2) is 5.96 Å². The second-order valence-electron chi connectivity index (χ2n) is 5.16. The quantitative estimate of drug-likeness (QED) is 0.279. The molecule has 0 aliphatic carbocycles. The predicted molar refractivity (Wildman–Crippen MR) is 105 cm³/mol. The summed E-state index contributed by atoms with van der Waals surface area (Å²) in [6, 6.07) is 8.49. The molecule has 5 heteroatoms. The van der Waals surface area contributed by atoms with E-state index in [1.54, 1.807) is 7.05 Å². The first kappa shape index (κ1) is 21.2. The average Bonchev–Trinajstić information content (AvgIpc) is 2.49. The molecule has 0 saturated carbocycles. The smallest absolute Gasteiger partial charge is 0.191 e. The number of nitrogens with one attached hydrogen (secondary N) is 2. The van der Waals surface area contributed by atoms with Gasteiger partial charge >= 0.3 is 0 Å².